The molecule has 0 spiro atoms. The molecule has 1 heterocycles. The summed E-state index contributed by atoms with van der Waals surface area (Å²) in [5.74, 6) is -0.0357. The number of amidine groups is 1. The van der Waals surface area contributed by atoms with Crippen molar-refractivity contribution in [3.8, 4) is 0 Å². The van der Waals surface area contributed by atoms with E-state index in [9.17, 15) is 4.79 Å². The van der Waals surface area contributed by atoms with E-state index in [2.05, 4.69) is 22.0 Å². The number of hydrogen-bond donors (Lipinski definition) is 1. The number of nitrogens with one attached hydrogen (secondary N) is 1. The first-order valence-electron chi connectivity index (χ1n) is 5.73. The van der Waals surface area contributed by atoms with Crippen LogP contribution in [-0.4, -0.2) is 29.6 Å². The van der Waals surface area contributed by atoms with Gasteiger partial charge in [-0.15, -0.1) is 0 Å². The Morgan fingerprint density at radius 1 is 1.44 bits per heavy atom. The average Bonchev–Trinajstić information content (AvgIpc) is 2.71. The van der Waals surface area contributed by atoms with Crippen LogP contribution in [0.3, 0.4) is 0 Å². The number of hydrogen-bond acceptors (Lipinski definition) is 4. The van der Waals surface area contributed by atoms with Crippen LogP contribution in [-0.2, 0) is 4.79 Å². The normalized spacial score (nSPS) is 22.8. The minimum Gasteiger partial charge on any atom is -0.304 e. The number of amides is 1. The van der Waals surface area contributed by atoms with Crippen LogP contribution >= 0.6 is 11.8 Å². The molecule has 1 aromatic carbocycles. The first-order chi connectivity index (χ1) is 8.70. The predicted molar refractivity (Wildman–Crippen MR) is 76.2 cm³/mol. The Labute approximate surface area is 111 Å². The molecule has 1 N–H and O–H groups in total. The van der Waals surface area contributed by atoms with Crippen molar-refractivity contribution in [2.24, 2.45) is 9.98 Å². The highest BCUT2D eigenvalue weighted by atomic mass is 32.2. The van der Waals surface area contributed by atoms with E-state index in [4.69, 9.17) is 0 Å². The molecule has 1 amide bonds. The third-order valence-electron chi connectivity index (χ3n) is 2.66. The summed E-state index contributed by atoms with van der Waals surface area (Å²) in [6, 6.07) is 10.0. The van der Waals surface area contributed by atoms with Crippen LogP contribution in [0.25, 0.3) is 0 Å². The Balaban J connectivity index is 2.06. The maximum atomic E-state index is 11.6. The minimum atomic E-state index is -0.191. The lowest BCUT2D eigenvalue weighted by Gasteiger charge is -2.07. The van der Waals surface area contributed by atoms with Crippen LogP contribution < -0.4 is 5.32 Å². The van der Waals surface area contributed by atoms with Crippen molar-refractivity contribution >= 4 is 29.6 Å². The SMILES string of the molecule is C=NCC1SC(=N[C@@H](C)c2ccccc2)NC1=O. The molecule has 1 saturated heterocycles. The van der Waals surface area contributed by atoms with Crippen molar-refractivity contribution in [3.05, 3.63) is 35.9 Å². The van der Waals surface area contributed by atoms with Gasteiger partial charge in [0.15, 0.2) is 5.17 Å². The summed E-state index contributed by atoms with van der Waals surface area (Å²) in [5.41, 5.74) is 1.13. The lowest BCUT2D eigenvalue weighted by atomic mass is 10.1. The van der Waals surface area contributed by atoms with Gasteiger partial charge in [0.05, 0.1) is 12.6 Å². The molecule has 0 radical (unpaired) electrons. The summed E-state index contributed by atoms with van der Waals surface area (Å²) < 4.78 is 0. The van der Waals surface area contributed by atoms with Crippen LogP contribution in [0.5, 0.6) is 0 Å². The quantitative estimate of drug-likeness (QED) is 0.843. The highest BCUT2D eigenvalue weighted by Gasteiger charge is 2.29. The van der Waals surface area contributed by atoms with E-state index in [1.165, 1.54) is 11.8 Å². The van der Waals surface area contributed by atoms with Gasteiger partial charge in [0.25, 0.3) is 0 Å². The second-order valence-corrected chi connectivity index (χ2v) is 5.21. The van der Waals surface area contributed by atoms with Crippen molar-refractivity contribution in [2.75, 3.05) is 6.54 Å². The first kappa shape index (κ1) is 12.8. The van der Waals surface area contributed by atoms with Gasteiger partial charge in [0.1, 0.15) is 5.25 Å². The topological polar surface area (TPSA) is 53.8 Å². The molecule has 0 saturated carbocycles. The predicted octanol–water partition coefficient (Wildman–Crippen LogP) is 2.04. The van der Waals surface area contributed by atoms with Gasteiger partial charge in [-0.1, -0.05) is 42.1 Å². The highest BCUT2D eigenvalue weighted by Crippen LogP contribution is 2.23. The smallest absolute Gasteiger partial charge is 0.241 e. The molecule has 1 aliphatic heterocycles. The Bertz CT molecular complexity index is 472. The largest absolute Gasteiger partial charge is 0.304 e. The number of carbonyl (C=O) groups is 1. The molecule has 0 aliphatic carbocycles. The van der Waals surface area contributed by atoms with Gasteiger partial charge in [0, 0.05) is 0 Å². The lowest BCUT2D eigenvalue weighted by Crippen LogP contribution is -2.26. The van der Waals surface area contributed by atoms with Crippen molar-refractivity contribution < 1.29 is 4.79 Å². The van der Waals surface area contributed by atoms with Crippen molar-refractivity contribution in [1.29, 1.82) is 0 Å². The van der Waals surface area contributed by atoms with Gasteiger partial charge in [-0.3, -0.25) is 14.8 Å². The number of rotatable bonds is 4. The summed E-state index contributed by atoms with van der Waals surface area (Å²) in [7, 11) is 0. The van der Waals surface area contributed by atoms with Gasteiger partial charge >= 0.3 is 0 Å². The minimum absolute atomic E-state index is 0.0319. The van der Waals surface area contributed by atoms with Crippen LogP contribution in [0.4, 0.5) is 0 Å². The van der Waals surface area contributed by atoms with Crippen molar-refractivity contribution in [3.63, 3.8) is 0 Å². The maximum absolute atomic E-state index is 11.6. The van der Waals surface area contributed by atoms with E-state index >= 15 is 0 Å². The summed E-state index contributed by atoms with van der Waals surface area (Å²) in [4.78, 5) is 19.9. The van der Waals surface area contributed by atoms with Crippen LogP contribution in [0.15, 0.2) is 40.3 Å². The van der Waals surface area contributed by atoms with Crippen molar-refractivity contribution in [1.82, 2.24) is 5.32 Å². The molecule has 18 heavy (non-hydrogen) atoms. The number of benzene rings is 1. The zero-order valence-electron chi connectivity index (χ0n) is 10.2. The van der Waals surface area contributed by atoms with Gasteiger partial charge in [-0.2, -0.15) is 0 Å². The summed E-state index contributed by atoms with van der Waals surface area (Å²) in [6.45, 7) is 5.84. The number of carbonyl (C=O) groups excluding carboxylic acids is 1. The molecule has 5 heteroatoms. The van der Waals surface area contributed by atoms with Crippen LogP contribution in [0.1, 0.15) is 18.5 Å². The molecule has 0 aromatic heterocycles. The molecule has 0 bridgehead atoms. The highest BCUT2D eigenvalue weighted by molar-refractivity contribution is 8.15. The second kappa shape index (κ2) is 5.82. The van der Waals surface area contributed by atoms with Crippen molar-refractivity contribution in [2.45, 2.75) is 18.2 Å². The lowest BCUT2D eigenvalue weighted by molar-refractivity contribution is -0.118. The Morgan fingerprint density at radius 2 is 2.17 bits per heavy atom. The van der Waals surface area contributed by atoms with Crippen LogP contribution in [0, 0.1) is 0 Å². The second-order valence-electron chi connectivity index (χ2n) is 4.02. The van der Waals surface area contributed by atoms with Gasteiger partial charge in [-0.05, 0) is 19.2 Å². The fraction of sp³-hybridized carbons (Fsp3) is 0.308. The van der Waals surface area contributed by atoms with Gasteiger partial charge in [0.2, 0.25) is 5.91 Å². The summed E-state index contributed by atoms with van der Waals surface area (Å²) >= 11 is 1.42. The Morgan fingerprint density at radius 3 is 2.83 bits per heavy atom. The van der Waals surface area contributed by atoms with Gasteiger partial charge < -0.3 is 5.32 Å². The molecule has 2 rings (SSSR count). The molecule has 1 unspecified atom stereocenters. The van der Waals surface area contributed by atoms with E-state index in [0.29, 0.717) is 11.7 Å². The third-order valence-corrected chi connectivity index (χ3v) is 3.74. The Hall–Kier alpha value is -1.62. The summed E-state index contributed by atoms with van der Waals surface area (Å²) in [5, 5.41) is 3.26. The molecular weight excluding hydrogens is 246 g/mol. The monoisotopic (exact) mass is 261 g/mol. The number of aliphatic imine (C=N–C) groups is 2. The molecule has 2 atom stereocenters. The van der Waals surface area contributed by atoms with Gasteiger partial charge in [-0.25, -0.2) is 0 Å². The summed E-state index contributed by atoms with van der Waals surface area (Å²) in [6.07, 6.45) is 0. The molecule has 94 valence electrons. The van der Waals surface area contributed by atoms with E-state index in [-0.39, 0.29) is 17.2 Å². The zero-order valence-corrected chi connectivity index (χ0v) is 11.0. The average molecular weight is 261 g/mol. The van der Waals surface area contributed by atoms with E-state index in [1.807, 2.05) is 37.3 Å². The zero-order chi connectivity index (χ0) is 13.0. The molecule has 1 fully saturated rings. The fourth-order valence-corrected chi connectivity index (χ4v) is 2.68. The standard InChI is InChI=1S/C13H15N3OS/c1-9(10-6-4-3-5-7-10)15-13-16-12(17)11(18-13)8-14-2/h3-7,9,11H,2,8H2,1H3,(H,15,16,17)/t9-,11?/m0/s1. The van der Waals surface area contributed by atoms with E-state index in [1.54, 1.807) is 0 Å². The number of thioether (sulfide) groups is 1. The molecule has 1 aromatic rings. The molecule has 1 aliphatic rings. The maximum Gasteiger partial charge on any atom is 0.241 e. The van der Waals surface area contributed by atoms with E-state index < -0.39 is 0 Å². The number of nitrogens with zero attached hydrogens (tertiary/aromatic N) is 2. The first-order valence-corrected chi connectivity index (χ1v) is 6.61. The Kier molecular flexibility index (Phi) is 4.15. The molecule has 4 nitrogen and oxygen atoms in total. The van der Waals surface area contributed by atoms with E-state index in [0.717, 1.165) is 5.56 Å². The third kappa shape index (κ3) is 2.98. The van der Waals surface area contributed by atoms with Crippen LogP contribution in [0.2, 0.25) is 0 Å². The molecular formula is C13H15N3OS. The fourth-order valence-electron chi connectivity index (χ4n) is 1.69.